The van der Waals surface area contributed by atoms with Gasteiger partial charge in [-0.1, -0.05) is 24.3 Å². The first kappa shape index (κ1) is 17.9. The molecule has 2 rings (SSSR count). The summed E-state index contributed by atoms with van der Waals surface area (Å²) < 4.78 is 30.2. The van der Waals surface area contributed by atoms with Crippen LogP contribution in [0.5, 0.6) is 0 Å². The molecule has 0 N–H and O–H groups in total. The fourth-order valence-electron chi connectivity index (χ4n) is 2.31. The number of esters is 1. The topological polar surface area (TPSA) is 77.5 Å². The van der Waals surface area contributed by atoms with Crippen LogP contribution in [-0.2, 0) is 37.0 Å². The highest BCUT2D eigenvalue weighted by Gasteiger charge is 2.19. The van der Waals surface area contributed by atoms with Gasteiger partial charge in [-0.3, -0.25) is 9.59 Å². The van der Waals surface area contributed by atoms with Gasteiger partial charge in [0.05, 0.1) is 23.3 Å². The van der Waals surface area contributed by atoms with Crippen LogP contribution < -0.4 is 0 Å². The lowest BCUT2D eigenvalue weighted by atomic mass is 10.1. The van der Waals surface area contributed by atoms with Crippen LogP contribution in [0.1, 0.15) is 18.1 Å². The Morgan fingerprint density at radius 1 is 0.917 bits per heavy atom. The molecule has 0 aliphatic carbocycles. The molecule has 2 aromatic carbocycles. The number of Topliss-reactive ketones (excluding diaryl/α,β-unsaturated/α-hetero) is 1. The normalized spacial score (nSPS) is 11.1. The number of carbonyl (C=O) groups is 2. The highest BCUT2D eigenvalue weighted by molar-refractivity contribution is 7.91. The number of hydrogen-bond acceptors (Lipinski definition) is 5. The average molecular weight is 346 g/mol. The standard InChI is InChI=1S/C18H18O5S/c1-13(19)9-14-5-3-7-16(10-14)24(21,22)17-8-4-6-15(11-17)12-18(20)23-2/h3-8,10-11H,9,12H2,1-2H3. The molecule has 0 radical (unpaired) electrons. The van der Waals surface area contributed by atoms with Gasteiger partial charge in [0.1, 0.15) is 5.78 Å². The van der Waals surface area contributed by atoms with E-state index in [1.807, 2.05) is 0 Å². The molecule has 6 heteroatoms. The molecular weight excluding hydrogens is 328 g/mol. The predicted octanol–water partition coefficient (Wildman–Crippen LogP) is 2.37. The molecule has 0 saturated carbocycles. The minimum Gasteiger partial charge on any atom is -0.469 e. The third-order valence-corrected chi connectivity index (χ3v) is 5.20. The molecule has 2 aromatic rings. The SMILES string of the molecule is COC(=O)Cc1cccc(S(=O)(=O)c2cccc(CC(C)=O)c2)c1. The Balaban J connectivity index is 2.38. The molecule has 5 nitrogen and oxygen atoms in total. The maximum absolute atomic E-state index is 12.8. The predicted molar refractivity (Wildman–Crippen MR) is 88.4 cm³/mol. The van der Waals surface area contributed by atoms with Crippen molar-refractivity contribution in [3.05, 3.63) is 59.7 Å². The van der Waals surface area contributed by atoms with Crippen LogP contribution in [0, 0.1) is 0 Å². The number of rotatable bonds is 6. The van der Waals surface area contributed by atoms with Crippen molar-refractivity contribution < 1.29 is 22.7 Å². The first-order valence-electron chi connectivity index (χ1n) is 7.32. The van der Waals surface area contributed by atoms with Crippen LogP contribution in [0.25, 0.3) is 0 Å². The fraction of sp³-hybridized carbons (Fsp3) is 0.222. The van der Waals surface area contributed by atoms with Gasteiger partial charge >= 0.3 is 5.97 Å². The van der Waals surface area contributed by atoms with Crippen molar-refractivity contribution in [3.8, 4) is 0 Å². The van der Waals surface area contributed by atoms with Crippen LogP contribution in [0.2, 0.25) is 0 Å². The Labute approximate surface area is 141 Å². The van der Waals surface area contributed by atoms with E-state index in [1.54, 1.807) is 24.3 Å². The molecule has 0 aliphatic rings. The summed E-state index contributed by atoms with van der Waals surface area (Å²) in [5, 5.41) is 0. The summed E-state index contributed by atoms with van der Waals surface area (Å²) in [6.45, 7) is 1.46. The molecule has 0 aliphatic heterocycles. The molecule has 0 aromatic heterocycles. The number of sulfone groups is 1. The Bertz CT molecular complexity index is 868. The maximum Gasteiger partial charge on any atom is 0.309 e. The zero-order chi connectivity index (χ0) is 17.7. The largest absolute Gasteiger partial charge is 0.469 e. The van der Waals surface area contributed by atoms with E-state index >= 15 is 0 Å². The second-order valence-corrected chi connectivity index (χ2v) is 7.38. The highest BCUT2D eigenvalue weighted by Crippen LogP contribution is 2.23. The number of hydrogen-bond donors (Lipinski definition) is 0. The Hall–Kier alpha value is -2.47. The second kappa shape index (κ2) is 7.40. The summed E-state index contributed by atoms with van der Waals surface area (Å²) >= 11 is 0. The molecule has 0 atom stereocenters. The van der Waals surface area contributed by atoms with Crippen molar-refractivity contribution in [2.24, 2.45) is 0 Å². The molecule has 0 spiro atoms. The number of methoxy groups -OCH3 is 1. The van der Waals surface area contributed by atoms with E-state index in [-0.39, 0.29) is 28.4 Å². The van der Waals surface area contributed by atoms with Gasteiger partial charge in [-0.15, -0.1) is 0 Å². The van der Waals surface area contributed by atoms with Gasteiger partial charge in [0, 0.05) is 6.42 Å². The van der Waals surface area contributed by atoms with Crippen LogP contribution in [-0.4, -0.2) is 27.3 Å². The monoisotopic (exact) mass is 346 g/mol. The first-order valence-corrected chi connectivity index (χ1v) is 8.80. The van der Waals surface area contributed by atoms with Crippen molar-refractivity contribution in [3.63, 3.8) is 0 Å². The Morgan fingerprint density at radius 2 is 1.42 bits per heavy atom. The molecule has 0 bridgehead atoms. The molecule has 126 valence electrons. The Kier molecular flexibility index (Phi) is 5.51. The van der Waals surface area contributed by atoms with E-state index in [0.717, 1.165) is 0 Å². The summed E-state index contributed by atoms with van der Waals surface area (Å²) in [5.41, 5.74) is 1.21. The summed E-state index contributed by atoms with van der Waals surface area (Å²) in [6, 6.07) is 12.5. The van der Waals surface area contributed by atoms with Crippen molar-refractivity contribution in [1.29, 1.82) is 0 Å². The average Bonchev–Trinajstić information content (AvgIpc) is 2.54. The van der Waals surface area contributed by atoms with Crippen molar-refractivity contribution in [1.82, 2.24) is 0 Å². The first-order chi connectivity index (χ1) is 11.3. The molecule has 0 unspecified atom stereocenters. The van der Waals surface area contributed by atoms with Crippen LogP contribution >= 0.6 is 0 Å². The van der Waals surface area contributed by atoms with Gasteiger partial charge in [-0.05, 0) is 42.3 Å². The number of ketones is 1. The van der Waals surface area contributed by atoms with Gasteiger partial charge in [0.15, 0.2) is 0 Å². The number of ether oxygens (including phenoxy) is 1. The fourth-order valence-corrected chi connectivity index (χ4v) is 3.71. The minimum atomic E-state index is -3.73. The molecule has 24 heavy (non-hydrogen) atoms. The summed E-state index contributed by atoms with van der Waals surface area (Å²) in [4.78, 5) is 22.8. The van der Waals surface area contributed by atoms with E-state index in [4.69, 9.17) is 0 Å². The van der Waals surface area contributed by atoms with Gasteiger partial charge < -0.3 is 4.74 Å². The molecule has 0 saturated heterocycles. The molecule has 0 amide bonds. The lowest BCUT2D eigenvalue weighted by molar-refractivity contribution is -0.139. The van der Waals surface area contributed by atoms with Crippen molar-refractivity contribution >= 4 is 21.6 Å². The third-order valence-electron chi connectivity index (χ3n) is 3.45. The van der Waals surface area contributed by atoms with Gasteiger partial charge in [-0.2, -0.15) is 0 Å². The van der Waals surface area contributed by atoms with Gasteiger partial charge in [-0.25, -0.2) is 8.42 Å². The van der Waals surface area contributed by atoms with Crippen molar-refractivity contribution in [2.45, 2.75) is 29.6 Å². The molecule has 0 heterocycles. The maximum atomic E-state index is 12.8. The zero-order valence-corrected chi connectivity index (χ0v) is 14.3. The van der Waals surface area contributed by atoms with Gasteiger partial charge in [0.2, 0.25) is 9.84 Å². The third kappa shape index (κ3) is 4.29. The number of benzene rings is 2. The van der Waals surface area contributed by atoms with E-state index in [0.29, 0.717) is 11.1 Å². The van der Waals surface area contributed by atoms with E-state index in [2.05, 4.69) is 4.74 Å². The highest BCUT2D eigenvalue weighted by atomic mass is 32.2. The smallest absolute Gasteiger partial charge is 0.309 e. The van der Waals surface area contributed by atoms with Gasteiger partial charge in [0.25, 0.3) is 0 Å². The minimum absolute atomic E-state index is 0.00420. The van der Waals surface area contributed by atoms with E-state index in [1.165, 1.54) is 38.3 Å². The summed E-state index contributed by atoms with van der Waals surface area (Å²) in [5.74, 6) is -0.474. The van der Waals surface area contributed by atoms with Crippen LogP contribution in [0.3, 0.4) is 0 Å². The van der Waals surface area contributed by atoms with Crippen molar-refractivity contribution in [2.75, 3.05) is 7.11 Å². The zero-order valence-electron chi connectivity index (χ0n) is 13.5. The number of carbonyl (C=O) groups excluding carboxylic acids is 2. The lowest BCUT2D eigenvalue weighted by Crippen LogP contribution is -2.07. The van der Waals surface area contributed by atoms with E-state index in [9.17, 15) is 18.0 Å². The quantitative estimate of drug-likeness (QED) is 0.751. The summed E-state index contributed by atoms with van der Waals surface area (Å²) in [6.07, 6.45) is 0.190. The molecule has 0 fully saturated rings. The second-order valence-electron chi connectivity index (χ2n) is 5.43. The lowest BCUT2D eigenvalue weighted by Gasteiger charge is -2.08. The van der Waals surface area contributed by atoms with Crippen LogP contribution in [0.4, 0.5) is 0 Å². The van der Waals surface area contributed by atoms with E-state index < -0.39 is 15.8 Å². The Morgan fingerprint density at radius 3 is 1.88 bits per heavy atom. The summed E-state index contributed by atoms with van der Waals surface area (Å²) in [7, 11) is -2.44. The van der Waals surface area contributed by atoms with Crippen LogP contribution in [0.15, 0.2) is 58.3 Å². The molecular formula is C18H18O5S.